The van der Waals surface area contributed by atoms with Gasteiger partial charge in [-0.15, -0.1) is 0 Å². The van der Waals surface area contributed by atoms with Crippen molar-refractivity contribution in [2.75, 3.05) is 0 Å². The fourth-order valence-corrected chi connectivity index (χ4v) is 1.32. The molecule has 0 saturated carbocycles. The SMILES string of the molecule is Cc1ccc(C(=O)O)nc1-c1cn[nH]c1. The Hall–Kier alpha value is -2.17. The third-order valence-electron chi connectivity index (χ3n) is 2.09. The first-order chi connectivity index (χ1) is 7.18. The predicted octanol–water partition coefficient (Wildman–Crippen LogP) is 1.48. The summed E-state index contributed by atoms with van der Waals surface area (Å²) in [4.78, 5) is 14.8. The third-order valence-corrected chi connectivity index (χ3v) is 2.09. The van der Waals surface area contributed by atoms with Crippen LogP contribution in [0.25, 0.3) is 11.3 Å². The quantitative estimate of drug-likeness (QED) is 0.774. The van der Waals surface area contributed by atoms with E-state index in [1.54, 1.807) is 18.5 Å². The normalized spacial score (nSPS) is 10.2. The number of hydrogen-bond donors (Lipinski definition) is 2. The number of aromatic carboxylic acids is 1. The Bertz CT molecular complexity index is 491. The first-order valence-corrected chi connectivity index (χ1v) is 4.38. The highest BCUT2D eigenvalue weighted by atomic mass is 16.4. The molecular weight excluding hydrogens is 194 g/mol. The Morgan fingerprint density at radius 3 is 2.87 bits per heavy atom. The number of carboxylic acid groups (broad SMARTS) is 1. The van der Waals surface area contributed by atoms with Gasteiger partial charge in [0.2, 0.25) is 0 Å². The molecule has 5 heteroatoms. The molecule has 0 aliphatic carbocycles. The highest BCUT2D eigenvalue weighted by Crippen LogP contribution is 2.19. The maximum atomic E-state index is 10.7. The van der Waals surface area contributed by atoms with Crippen molar-refractivity contribution in [3.63, 3.8) is 0 Å². The number of aromatic amines is 1. The fraction of sp³-hybridized carbons (Fsp3) is 0.100. The van der Waals surface area contributed by atoms with Crippen LogP contribution in [0.1, 0.15) is 16.1 Å². The van der Waals surface area contributed by atoms with Crippen molar-refractivity contribution in [1.82, 2.24) is 15.2 Å². The second kappa shape index (κ2) is 3.53. The van der Waals surface area contributed by atoms with Gasteiger partial charge in [0.15, 0.2) is 0 Å². The van der Waals surface area contributed by atoms with Crippen LogP contribution in [0, 0.1) is 6.92 Å². The molecule has 0 amide bonds. The molecule has 0 saturated heterocycles. The molecule has 2 aromatic heterocycles. The van der Waals surface area contributed by atoms with Crippen molar-refractivity contribution < 1.29 is 9.90 Å². The van der Waals surface area contributed by atoms with Crippen molar-refractivity contribution in [3.8, 4) is 11.3 Å². The summed E-state index contributed by atoms with van der Waals surface area (Å²) in [5, 5.41) is 15.3. The van der Waals surface area contributed by atoms with Gasteiger partial charge in [-0.3, -0.25) is 5.10 Å². The van der Waals surface area contributed by atoms with Crippen LogP contribution < -0.4 is 0 Å². The molecule has 0 spiro atoms. The zero-order valence-electron chi connectivity index (χ0n) is 8.06. The lowest BCUT2D eigenvalue weighted by Crippen LogP contribution is -2.01. The zero-order valence-corrected chi connectivity index (χ0v) is 8.06. The molecule has 0 fully saturated rings. The predicted molar refractivity (Wildman–Crippen MR) is 53.5 cm³/mol. The highest BCUT2D eigenvalue weighted by Gasteiger charge is 2.10. The lowest BCUT2D eigenvalue weighted by Gasteiger charge is -2.02. The van der Waals surface area contributed by atoms with Gasteiger partial charge in [0.25, 0.3) is 0 Å². The van der Waals surface area contributed by atoms with Gasteiger partial charge in [-0.2, -0.15) is 5.10 Å². The number of aromatic nitrogens is 3. The van der Waals surface area contributed by atoms with Crippen LogP contribution in [-0.4, -0.2) is 26.3 Å². The average Bonchev–Trinajstić information content (AvgIpc) is 2.71. The molecule has 0 radical (unpaired) electrons. The highest BCUT2D eigenvalue weighted by molar-refractivity contribution is 5.86. The van der Waals surface area contributed by atoms with E-state index in [9.17, 15) is 4.79 Å². The number of H-pyrrole nitrogens is 1. The number of carboxylic acids is 1. The Morgan fingerprint density at radius 2 is 2.27 bits per heavy atom. The van der Waals surface area contributed by atoms with Crippen LogP contribution in [0.5, 0.6) is 0 Å². The van der Waals surface area contributed by atoms with Gasteiger partial charge in [-0.25, -0.2) is 9.78 Å². The lowest BCUT2D eigenvalue weighted by molar-refractivity contribution is 0.0690. The number of rotatable bonds is 2. The molecule has 0 aliphatic heterocycles. The topological polar surface area (TPSA) is 78.9 Å². The van der Waals surface area contributed by atoms with Gasteiger partial charge < -0.3 is 5.11 Å². The van der Waals surface area contributed by atoms with Crippen LogP contribution >= 0.6 is 0 Å². The van der Waals surface area contributed by atoms with E-state index in [1.165, 1.54) is 6.07 Å². The molecule has 0 aliphatic rings. The summed E-state index contributed by atoms with van der Waals surface area (Å²) >= 11 is 0. The molecule has 0 atom stereocenters. The largest absolute Gasteiger partial charge is 0.477 e. The van der Waals surface area contributed by atoms with Crippen molar-refractivity contribution >= 4 is 5.97 Å². The van der Waals surface area contributed by atoms with Crippen molar-refractivity contribution in [2.24, 2.45) is 0 Å². The number of pyridine rings is 1. The first kappa shape index (κ1) is 9.39. The summed E-state index contributed by atoms with van der Waals surface area (Å²) in [6, 6.07) is 3.22. The van der Waals surface area contributed by atoms with Crippen LogP contribution in [0.4, 0.5) is 0 Å². The fourth-order valence-electron chi connectivity index (χ4n) is 1.32. The summed E-state index contributed by atoms with van der Waals surface area (Å²) in [6.07, 6.45) is 3.29. The molecule has 0 unspecified atom stereocenters. The number of nitrogens with zero attached hydrogens (tertiary/aromatic N) is 2. The number of aryl methyl sites for hydroxylation is 1. The molecule has 0 bridgehead atoms. The van der Waals surface area contributed by atoms with E-state index in [1.807, 2.05) is 6.92 Å². The second-order valence-corrected chi connectivity index (χ2v) is 3.15. The van der Waals surface area contributed by atoms with Crippen molar-refractivity contribution in [1.29, 1.82) is 0 Å². The van der Waals surface area contributed by atoms with E-state index < -0.39 is 5.97 Å². The van der Waals surface area contributed by atoms with Crippen molar-refractivity contribution in [3.05, 3.63) is 35.8 Å². The number of hydrogen-bond acceptors (Lipinski definition) is 3. The Kier molecular flexibility index (Phi) is 2.21. The molecule has 2 rings (SSSR count). The van der Waals surface area contributed by atoms with Gasteiger partial charge in [-0.05, 0) is 18.6 Å². The van der Waals surface area contributed by atoms with Gasteiger partial charge in [0.1, 0.15) is 5.69 Å². The van der Waals surface area contributed by atoms with Crippen LogP contribution in [0.3, 0.4) is 0 Å². The minimum Gasteiger partial charge on any atom is -0.477 e. The van der Waals surface area contributed by atoms with Gasteiger partial charge in [-0.1, -0.05) is 6.07 Å². The standard InChI is InChI=1S/C10H9N3O2/c1-6-2-3-8(10(14)15)13-9(6)7-4-11-12-5-7/h2-5H,1H3,(H,11,12)(H,14,15). The van der Waals surface area contributed by atoms with E-state index in [2.05, 4.69) is 15.2 Å². The average molecular weight is 203 g/mol. The molecule has 2 aromatic rings. The minimum atomic E-state index is -1.03. The number of carbonyl (C=O) groups is 1. The van der Waals surface area contributed by atoms with Crippen molar-refractivity contribution in [2.45, 2.75) is 6.92 Å². The molecule has 2 heterocycles. The van der Waals surface area contributed by atoms with Crippen LogP contribution in [0.15, 0.2) is 24.5 Å². The van der Waals surface area contributed by atoms with E-state index in [-0.39, 0.29) is 5.69 Å². The second-order valence-electron chi connectivity index (χ2n) is 3.15. The van der Waals surface area contributed by atoms with E-state index in [0.29, 0.717) is 5.69 Å². The van der Waals surface area contributed by atoms with E-state index in [4.69, 9.17) is 5.11 Å². The molecule has 15 heavy (non-hydrogen) atoms. The number of nitrogens with one attached hydrogen (secondary N) is 1. The summed E-state index contributed by atoms with van der Waals surface area (Å²) < 4.78 is 0. The lowest BCUT2D eigenvalue weighted by atomic mass is 10.1. The summed E-state index contributed by atoms with van der Waals surface area (Å²) in [6.45, 7) is 1.88. The van der Waals surface area contributed by atoms with Gasteiger partial charge >= 0.3 is 5.97 Å². The molecule has 2 N–H and O–H groups in total. The monoisotopic (exact) mass is 203 g/mol. The maximum absolute atomic E-state index is 10.7. The maximum Gasteiger partial charge on any atom is 0.354 e. The summed E-state index contributed by atoms with van der Waals surface area (Å²) in [5.41, 5.74) is 2.39. The van der Waals surface area contributed by atoms with Gasteiger partial charge in [0, 0.05) is 11.8 Å². The zero-order chi connectivity index (χ0) is 10.8. The third kappa shape index (κ3) is 1.71. The smallest absolute Gasteiger partial charge is 0.354 e. The Labute approximate surface area is 85.8 Å². The van der Waals surface area contributed by atoms with Crippen LogP contribution in [0.2, 0.25) is 0 Å². The molecule has 0 aromatic carbocycles. The summed E-state index contributed by atoms with van der Waals surface area (Å²) in [7, 11) is 0. The summed E-state index contributed by atoms with van der Waals surface area (Å²) in [5.74, 6) is -1.03. The molecular formula is C10H9N3O2. The minimum absolute atomic E-state index is 0.0387. The molecule has 5 nitrogen and oxygen atoms in total. The Morgan fingerprint density at radius 1 is 1.47 bits per heavy atom. The molecule has 76 valence electrons. The van der Waals surface area contributed by atoms with Gasteiger partial charge in [0.05, 0.1) is 11.9 Å². The first-order valence-electron chi connectivity index (χ1n) is 4.38. The van der Waals surface area contributed by atoms with Crippen LogP contribution in [-0.2, 0) is 0 Å². The van der Waals surface area contributed by atoms with E-state index >= 15 is 0 Å². The van der Waals surface area contributed by atoms with E-state index in [0.717, 1.165) is 11.1 Å². The Balaban J connectivity index is 2.55.